The standard InChI is InChI=1S/C15H11Cl2N3O6/c16-9-5-10(17)15(18-6-9)19-13(21)7-26-14(22)8-25-12-4-2-1-3-11(12)20(23)24/h1-6H,7-8H2,(H,18,19,21). The van der Waals surface area contributed by atoms with Crippen LogP contribution in [0, 0.1) is 10.1 Å². The second kappa shape index (κ2) is 8.97. The van der Waals surface area contributed by atoms with Gasteiger partial charge in [0, 0.05) is 12.3 Å². The molecule has 0 saturated heterocycles. The number of aromatic nitrogens is 1. The van der Waals surface area contributed by atoms with Gasteiger partial charge in [-0.05, 0) is 12.1 Å². The molecule has 0 unspecified atom stereocenters. The molecule has 9 nitrogen and oxygen atoms in total. The lowest BCUT2D eigenvalue weighted by Crippen LogP contribution is -2.24. The fourth-order valence-electron chi connectivity index (χ4n) is 1.73. The predicted molar refractivity (Wildman–Crippen MR) is 92.4 cm³/mol. The normalized spacial score (nSPS) is 10.1. The molecule has 0 bridgehead atoms. The van der Waals surface area contributed by atoms with E-state index in [0.717, 1.165) is 0 Å². The Balaban J connectivity index is 1.81. The van der Waals surface area contributed by atoms with Crippen LogP contribution in [0.15, 0.2) is 36.5 Å². The number of ether oxygens (including phenoxy) is 2. The Labute approximate surface area is 157 Å². The van der Waals surface area contributed by atoms with Crippen molar-refractivity contribution in [2.45, 2.75) is 0 Å². The van der Waals surface area contributed by atoms with Crippen LogP contribution in [0.5, 0.6) is 5.75 Å². The van der Waals surface area contributed by atoms with E-state index in [4.69, 9.17) is 32.7 Å². The summed E-state index contributed by atoms with van der Waals surface area (Å²) in [7, 11) is 0. The number of nitrogens with zero attached hydrogens (tertiary/aromatic N) is 2. The number of nitro groups is 1. The number of para-hydroxylation sites is 2. The molecule has 0 fully saturated rings. The molecule has 1 aromatic carbocycles. The number of hydrogen-bond acceptors (Lipinski definition) is 7. The second-order valence-electron chi connectivity index (χ2n) is 4.71. The Kier molecular flexibility index (Phi) is 6.70. The van der Waals surface area contributed by atoms with E-state index in [2.05, 4.69) is 10.3 Å². The number of nitro benzene ring substituents is 1. The minimum Gasteiger partial charge on any atom is -0.475 e. The van der Waals surface area contributed by atoms with Crippen molar-refractivity contribution in [3.63, 3.8) is 0 Å². The van der Waals surface area contributed by atoms with Crippen molar-refractivity contribution in [3.05, 3.63) is 56.7 Å². The summed E-state index contributed by atoms with van der Waals surface area (Å²) in [5.74, 6) is -1.58. The highest BCUT2D eigenvalue weighted by Crippen LogP contribution is 2.25. The summed E-state index contributed by atoms with van der Waals surface area (Å²) in [6.45, 7) is -1.21. The van der Waals surface area contributed by atoms with Crippen LogP contribution in [-0.4, -0.2) is 35.0 Å². The molecule has 0 radical (unpaired) electrons. The van der Waals surface area contributed by atoms with E-state index in [-0.39, 0.29) is 22.3 Å². The first-order chi connectivity index (χ1) is 12.4. The first kappa shape index (κ1) is 19.4. The Morgan fingerprint density at radius 1 is 1.23 bits per heavy atom. The number of esters is 1. The van der Waals surface area contributed by atoms with Crippen LogP contribution < -0.4 is 10.1 Å². The third-order valence-electron chi connectivity index (χ3n) is 2.84. The minimum absolute atomic E-state index is 0.0632. The molecule has 1 N–H and O–H groups in total. The molecule has 0 spiro atoms. The lowest BCUT2D eigenvalue weighted by Gasteiger charge is -2.08. The maximum atomic E-state index is 11.7. The highest BCUT2D eigenvalue weighted by atomic mass is 35.5. The monoisotopic (exact) mass is 399 g/mol. The molecule has 26 heavy (non-hydrogen) atoms. The number of halogens is 2. The topological polar surface area (TPSA) is 121 Å². The zero-order chi connectivity index (χ0) is 19.1. The lowest BCUT2D eigenvalue weighted by molar-refractivity contribution is -0.385. The van der Waals surface area contributed by atoms with Crippen LogP contribution in [0.1, 0.15) is 0 Å². The van der Waals surface area contributed by atoms with Crippen LogP contribution >= 0.6 is 23.2 Å². The number of nitrogens with one attached hydrogen (secondary N) is 1. The van der Waals surface area contributed by atoms with E-state index in [1.165, 1.54) is 36.5 Å². The van der Waals surface area contributed by atoms with Crippen molar-refractivity contribution in [3.8, 4) is 5.75 Å². The van der Waals surface area contributed by atoms with Gasteiger partial charge in [-0.1, -0.05) is 35.3 Å². The summed E-state index contributed by atoms with van der Waals surface area (Å²) < 4.78 is 9.77. The molecule has 0 saturated carbocycles. The fourth-order valence-corrected chi connectivity index (χ4v) is 2.16. The van der Waals surface area contributed by atoms with Gasteiger partial charge in [-0.2, -0.15) is 0 Å². The second-order valence-corrected chi connectivity index (χ2v) is 5.55. The van der Waals surface area contributed by atoms with Crippen LogP contribution in [0.4, 0.5) is 11.5 Å². The number of rotatable bonds is 7. The van der Waals surface area contributed by atoms with Crippen molar-refractivity contribution in [1.82, 2.24) is 4.98 Å². The Morgan fingerprint density at radius 3 is 2.65 bits per heavy atom. The Hall–Kier alpha value is -2.91. The highest BCUT2D eigenvalue weighted by Gasteiger charge is 2.16. The van der Waals surface area contributed by atoms with E-state index < -0.39 is 30.0 Å². The number of amides is 1. The first-order valence-electron chi connectivity index (χ1n) is 6.99. The molecule has 0 aliphatic heterocycles. The van der Waals surface area contributed by atoms with Gasteiger partial charge < -0.3 is 14.8 Å². The summed E-state index contributed by atoms with van der Waals surface area (Å²) in [5, 5.41) is 13.6. The number of benzene rings is 1. The van der Waals surface area contributed by atoms with Crippen LogP contribution in [0.25, 0.3) is 0 Å². The van der Waals surface area contributed by atoms with E-state index in [1.807, 2.05) is 0 Å². The maximum Gasteiger partial charge on any atom is 0.344 e. The molecular formula is C15H11Cl2N3O6. The third-order valence-corrected chi connectivity index (χ3v) is 3.33. The van der Waals surface area contributed by atoms with Gasteiger partial charge in [0.1, 0.15) is 0 Å². The molecule has 0 aliphatic carbocycles. The summed E-state index contributed by atoms with van der Waals surface area (Å²) >= 11 is 11.5. The number of carbonyl (C=O) groups is 2. The molecule has 2 rings (SSSR count). The lowest BCUT2D eigenvalue weighted by atomic mass is 10.3. The van der Waals surface area contributed by atoms with Crippen LogP contribution in [-0.2, 0) is 14.3 Å². The van der Waals surface area contributed by atoms with E-state index in [9.17, 15) is 19.7 Å². The summed E-state index contributed by atoms with van der Waals surface area (Å²) in [6.07, 6.45) is 1.29. The van der Waals surface area contributed by atoms with Gasteiger partial charge in [-0.15, -0.1) is 0 Å². The van der Waals surface area contributed by atoms with Gasteiger partial charge in [0.15, 0.2) is 24.8 Å². The quantitative estimate of drug-likeness (QED) is 0.431. The van der Waals surface area contributed by atoms with Crippen molar-refractivity contribution >= 4 is 46.6 Å². The number of pyridine rings is 1. The van der Waals surface area contributed by atoms with Crippen LogP contribution in [0.2, 0.25) is 10.0 Å². The SMILES string of the molecule is O=C(COC(=O)COc1ccccc1[N+](=O)[O-])Nc1ncc(Cl)cc1Cl. The van der Waals surface area contributed by atoms with Gasteiger partial charge >= 0.3 is 11.7 Å². The molecule has 0 atom stereocenters. The minimum atomic E-state index is -0.881. The number of hydrogen-bond donors (Lipinski definition) is 1. The zero-order valence-corrected chi connectivity index (χ0v) is 14.5. The van der Waals surface area contributed by atoms with Crippen molar-refractivity contribution in [2.75, 3.05) is 18.5 Å². The smallest absolute Gasteiger partial charge is 0.344 e. The van der Waals surface area contributed by atoms with Crippen LogP contribution in [0.3, 0.4) is 0 Å². The highest BCUT2D eigenvalue weighted by molar-refractivity contribution is 6.36. The Bertz CT molecular complexity index is 846. The number of anilines is 1. The first-order valence-corrected chi connectivity index (χ1v) is 7.75. The van der Waals surface area contributed by atoms with E-state index >= 15 is 0 Å². The average molecular weight is 400 g/mol. The molecule has 1 amide bonds. The predicted octanol–water partition coefficient (Wildman–Crippen LogP) is 2.86. The summed E-state index contributed by atoms with van der Waals surface area (Å²) in [5.41, 5.74) is -0.290. The maximum absolute atomic E-state index is 11.7. The molecule has 1 heterocycles. The summed E-state index contributed by atoms with van der Waals surface area (Å²) in [4.78, 5) is 37.3. The van der Waals surface area contributed by atoms with Gasteiger partial charge in [0.05, 0.1) is 15.0 Å². The van der Waals surface area contributed by atoms with Crippen molar-refractivity contribution in [2.24, 2.45) is 0 Å². The number of carbonyl (C=O) groups excluding carboxylic acids is 2. The molecule has 11 heteroatoms. The average Bonchev–Trinajstić information content (AvgIpc) is 2.60. The zero-order valence-electron chi connectivity index (χ0n) is 13.0. The fraction of sp³-hybridized carbons (Fsp3) is 0.133. The largest absolute Gasteiger partial charge is 0.475 e. The van der Waals surface area contributed by atoms with Gasteiger partial charge in [-0.3, -0.25) is 14.9 Å². The van der Waals surface area contributed by atoms with Crippen molar-refractivity contribution in [1.29, 1.82) is 0 Å². The molecule has 0 aliphatic rings. The van der Waals surface area contributed by atoms with E-state index in [1.54, 1.807) is 0 Å². The van der Waals surface area contributed by atoms with Gasteiger partial charge in [-0.25, -0.2) is 9.78 Å². The van der Waals surface area contributed by atoms with Gasteiger partial charge in [0.2, 0.25) is 0 Å². The molecule has 1 aromatic heterocycles. The molecular weight excluding hydrogens is 389 g/mol. The molecule has 136 valence electrons. The summed E-state index contributed by atoms with van der Waals surface area (Å²) in [6, 6.07) is 6.94. The third kappa shape index (κ3) is 5.57. The van der Waals surface area contributed by atoms with E-state index in [0.29, 0.717) is 5.02 Å². The Morgan fingerprint density at radius 2 is 1.96 bits per heavy atom. The molecule has 2 aromatic rings. The van der Waals surface area contributed by atoms with Gasteiger partial charge in [0.25, 0.3) is 5.91 Å². The van der Waals surface area contributed by atoms with Crippen molar-refractivity contribution < 1.29 is 24.0 Å².